The summed E-state index contributed by atoms with van der Waals surface area (Å²) in [4.78, 5) is 24.9. The predicted molar refractivity (Wildman–Crippen MR) is 74.3 cm³/mol. The van der Waals surface area contributed by atoms with Gasteiger partial charge < -0.3 is 14.8 Å². The molecule has 1 aliphatic heterocycles. The van der Waals surface area contributed by atoms with Gasteiger partial charge in [-0.1, -0.05) is 0 Å². The van der Waals surface area contributed by atoms with Gasteiger partial charge in [-0.15, -0.1) is 11.3 Å². The quantitative estimate of drug-likeness (QED) is 0.515. The lowest BCUT2D eigenvalue weighted by molar-refractivity contribution is -0.222. The standard InChI is InChI=1S/C14H15NO4S/c1-14(2)18-12(16)9(13(17)19-14)7-15-11-6-8-4-3-5-10(8)20-11/h6-7,15H,3-5H2,1-2H3. The lowest BCUT2D eigenvalue weighted by Gasteiger charge is -2.29. The van der Waals surface area contributed by atoms with E-state index >= 15 is 0 Å². The molecule has 1 saturated heterocycles. The molecule has 0 spiro atoms. The molecule has 106 valence electrons. The Balaban J connectivity index is 1.75. The number of ether oxygens (including phenoxy) is 2. The van der Waals surface area contributed by atoms with Crippen LogP contribution in [-0.2, 0) is 31.9 Å². The lowest BCUT2D eigenvalue weighted by atomic mass is 10.2. The second kappa shape index (κ2) is 4.63. The van der Waals surface area contributed by atoms with E-state index < -0.39 is 17.7 Å². The van der Waals surface area contributed by atoms with E-state index in [-0.39, 0.29) is 5.57 Å². The molecule has 0 bridgehead atoms. The third-order valence-electron chi connectivity index (χ3n) is 3.22. The number of aryl methyl sites for hydroxylation is 2. The van der Waals surface area contributed by atoms with Gasteiger partial charge >= 0.3 is 11.9 Å². The average Bonchev–Trinajstić information content (AvgIpc) is 2.86. The minimum atomic E-state index is -1.20. The number of hydrogen-bond donors (Lipinski definition) is 1. The fourth-order valence-corrected chi connectivity index (χ4v) is 3.44. The van der Waals surface area contributed by atoms with E-state index in [9.17, 15) is 9.59 Å². The van der Waals surface area contributed by atoms with Crippen molar-refractivity contribution in [2.24, 2.45) is 0 Å². The first-order chi connectivity index (χ1) is 9.44. The molecule has 6 heteroatoms. The minimum absolute atomic E-state index is 0.113. The van der Waals surface area contributed by atoms with E-state index in [4.69, 9.17) is 9.47 Å². The van der Waals surface area contributed by atoms with Crippen molar-refractivity contribution in [3.63, 3.8) is 0 Å². The molecule has 5 nitrogen and oxygen atoms in total. The molecule has 0 atom stereocenters. The Morgan fingerprint density at radius 1 is 1.25 bits per heavy atom. The number of rotatable bonds is 2. The highest BCUT2D eigenvalue weighted by molar-refractivity contribution is 7.16. The van der Waals surface area contributed by atoms with Gasteiger partial charge in [0, 0.05) is 24.9 Å². The zero-order valence-electron chi connectivity index (χ0n) is 11.3. The van der Waals surface area contributed by atoms with Gasteiger partial charge in [-0.05, 0) is 30.9 Å². The van der Waals surface area contributed by atoms with E-state index in [1.165, 1.54) is 36.9 Å². The first-order valence-electron chi connectivity index (χ1n) is 6.49. The second-order valence-corrected chi connectivity index (χ2v) is 6.43. The van der Waals surface area contributed by atoms with Crippen molar-refractivity contribution in [3.8, 4) is 0 Å². The molecule has 1 aromatic rings. The molecule has 1 fully saturated rings. The molecule has 1 N–H and O–H groups in total. The van der Waals surface area contributed by atoms with E-state index in [2.05, 4.69) is 11.4 Å². The number of fused-ring (bicyclic) bond motifs is 1. The van der Waals surface area contributed by atoms with Crippen molar-refractivity contribution in [1.29, 1.82) is 0 Å². The Kier molecular flexibility index (Phi) is 3.05. The monoisotopic (exact) mass is 293 g/mol. The molecule has 0 radical (unpaired) electrons. The maximum Gasteiger partial charge on any atom is 0.350 e. The third kappa shape index (κ3) is 2.43. The van der Waals surface area contributed by atoms with Crippen molar-refractivity contribution in [1.82, 2.24) is 0 Å². The van der Waals surface area contributed by atoms with Gasteiger partial charge in [0.05, 0.1) is 5.00 Å². The summed E-state index contributed by atoms with van der Waals surface area (Å²) in [6.45, 7) is 3.05. The number of esters is 2. The lowest BCUT2D eigenvalue weighted by Crippen LogP contribution is -2.42. The Labute approximate surface area is 120 Å². The van der Waals surface area contributed by atoms with E-state index in [1.807, 2.05) is 0 Å². The Morgan fingerprint density at radius 3 is 2.60 bits per heavy atom. The van der Waals surface area contributed by atoms with Gasteiger partial charge in [-0.2, -0.15) is 0 Å². The summed E-state index contributed by atoms with van der Waals surface area (Å²) in [5, 5.41) is 3.91. The maximum absolute atomic E-state index is 11.8. The van der Waals surface area contributed by atoms with Crippen LogP contribution in [-0.4, -0.2) is 17.7 Å². The SMILES string of the molecule is CC1(C)OC(=O)C(=CNc2cc3c(s2)CCC3)C(=O)O1. The number of nitrogens with one attached hydrogen (secondary N) is 1. The Bertz CT molecular complexity index is 571. The minimum Gasteiger partial charge on any atom is -0.419 e. The first-order valence-corrected chi connectivity index (χ1v) is 7.31. The number of thiophene rings is 1. The van der Waals surface area contributed by atoms with Crippen LogP contribution in [0.25, 0.3) is 0 Å². The summed E-state index contributed by atoms with van der Waals surface area (Å²) < 4.78 is 10.0. The van der Waals surface area contributed by atoms with Crippen LogP contribution in [0.2, 0.25) is 0 Å². The summed E-state index contributed by atoms with van der Waals surface area (Å²) in [6.07, 6.45) is 4.77. The molecule has 0 saturated carbocycles. The normalized spacial score (nSPS) is 20.2. The Hall–Kier alpha value is -1.82. The summed E-state index contributed by atoms with van der Waals surface area (Å²) >= 11 is 1.65. The van der Waals surface area contributed by atoms with Crippen LogP contribution >= 0.6 is 11.3 Å². The molecular formula is C14H15NO4S. The summed E-state index contributed by atoms with van der Waals surface area (Å²) in [7, 11) is 0. The number of hydrogen-bond acceptors (Lipinski definition) is 6. The topological polar surface area (TPSA) is 64.6 Å². The highest BCUT2D eigenvalue weighted by Crippen LogP contribution is 2.34. The number of cyclic esters (lactones) is 2. The van der Waals surface area contributed by atoms with Gasteiger partial charge in [0.1, 0.15) is 0 Å². The zero-order chi connectivity index (χ0) is 14.3. The fraction of sp³-hybridized carbons (Fsp3) is 0.429. The van der Waals surface area contributed by atoms with Gasteiger partial charge in [-0.3, -0.25) is 0 Å². The van der Waals surface area contributed by atoms with Crippen molar-refractivity contribution < 1.29 is 19.1 Å². The average molecular weight is 293 g/mol. The summed E-state index contributed by atoms with van der Waals surface area (Å²) in [5.41, 5.74) is 1.24. The van der Waals surface area contributed by atoms with E-state index in [1.54, 1.807) is 11.3 Å². The van der Waals surface area contributed by atoms with Crippen LogP contribution in [0.4, 0.5) is 5.00 Å². The molecule has 3 rings (SSSR count). The van der Waals surface area contributed by atoms with Crippen LogP contribution in [0.15, 0.2) is 17.8 Å². The van der Waals surface area contributed by atoms with Crippen LogP contribution in [0.5, 0.6) is 0 Å². The highest BCUT2D eigenvalue weighted by atomic mass is 32.1. The molecule has 2 heterocycles. The Morgan fingerprint density at radius 2 is 1.95 bits per heavy atom. The molecule has 0 unspecified atom stereocenters. The predicted octanol–water partition coefficient (Wildman–Crippen LogP) is 2.37. The van der Waals surface area contributed by atoms with Gasteiger partial charge in [-0.25, -0.2) is 9.59 Å². The zero-order valence-corrected chi connectivity index (χ0v) is 12.1. The van der Waals surface area contributed by atoms with Crippen LogP contribution in [0.1, 0.15) is 30.7 Å². The highest BCUT2D eigenvalue weighted by Gasteiger charge is 2.38. The molecule has 2 aliphatic rings. The van der Waals surface area contributed by atoms with Crippen LogP contribution in [0.3, 0.4) is 0 Å². The van der Waals surface area contributed by atoms with Gasteiger partial charge in [0.2, 0.25) is 0 Å². The van der Waals surface area contributed by atoms with E-state index in [0.717, 1.165) is 17.8 Å². The van der Waals surface area contributed by atoms with Crippen molar-refractivity contribution >= 4 is 28.3 Å². The van der Waals surface area contributed by atoms with E-state index in [0.29, 0.717) is 0 Å². The van der Waals surface area contributed by atoms with Crippen molar-refractivity contribution in [2.45, 2.75) is 38.9 Å². The number of anilines is 1. The van der Waals surface area contributed by atoms with Gasteiger partial charge in [0.25, 0.3) is 5.79 Å². The maximum atomic E-state index is 11.8. The van der Waals surface area contributed by atoms with Crippen LogP contribution in [0, 0.1) is 0 Å². The van der Waals surface area contributed by atoms with Crippen molar-refractivity contribution in [3.05, 3.63) is 28.3 Å². The molecule has 0 aromatic carbocycles. The summed E-state index contributed by atoms with van der Waals surface area (Å²) in [5.74, 6) is -2.53. The second-order valence-electron chi connectivity index (χ2n) is 5.29. The molecule has 1 aromatic heterocycles. The fourth-order valence-electron chi connectivity index (χ4n) is 2.32. The van der Waals surface area contributed by atoms with Gasteiger partial charge in [0.15, 0.2) is 5.57 Å². The molecule has 0 amide bonds. The molecule has 1 aliphatic carbocycles. The van der Waals surface area contributed by atoms with Crippen molar-refractivity contribution in [2.75, 3.05) is 5.32 Å². The number of carbonyl (C=O) groups excluding carboxylic acids is 2. The van der Waals surface area contributed by atoms with Crippen LogP contribution < -0.4 is 5.32 Å². The third-order valence-corrected chi connectivity index (χ3v) is 4.39. The number of carbonyl (C=O) groups is 2. The molecular weight excluding hydrogens is 278 g/mol. The molecule has 20 heavy (non-hydrogen) atoms. The smallest absolute Gasteiger partial charge is 0.350 e. The summed E-state index contributed by atoms with van der Waals surface area (Å²) in [6, 6.07) is 2.06. The largest absolute Gasteiger partial charge is 0.419 e. The first kappa shape index (κ1) is 13.2.